The van der Waals surface area contributed by atoms with Gasteiger partial charge in [-0.25, -0.2) is 0 Å². The Morgan fingerprint density at radius 3 is 2.50 bits per heavy atom. The van der Waals surface area contributed by atoms with Gasteiger partial charge < -0.3 is 15.6 Å². The SMILES string of the molecule is CCn1c2ccccc2c2cc(NC(=O)C(C)(C)N)ccc21. The van der Waals surface area contributed by atoms with Crippen LogP contribution in [-0.4, -0.2) is 16.0 Å². The molecule has 0 atom stereocenters. The molecular formula is C18H21N3O. The first-order valence-corrected chi connectivity index (χ1v) is 7.53. The lowest BCUT2D eigenvalue weighted by Gasteiger charge is -2.17. The smallest absolute Gasteiger partial charge is 0.243 e. The molecule has 2 aromatic carbocycles. The van der Waals surface area contributed by atoms with Crippen LogP contribution in [0.25, 0.3) is 21.8 Å². The Hall–Kier alpha value is -2.33. The van der Waals surface area contributed by atoms with E-state index in [9.17, 15) is 4.79 Å². The summed E-state index contributed by atoms with van der Waals surface area (Å²) in [5, 5.41) is 5.23. The van der Waals surface area contributed by atoms with Crippen molar-refractivity contribution in [1.29, 1.82) is 0 Å². The van der Waals surface area contributed by atoms with Gasteiger partial charge in [-0.05, 0) is 45.0 Å². The van der Waals surface area contributed by atoms with Gasteiger partial charge in [0.05, 0.1) is 5.54 Å². The monoisotopic (exact) mass is 295 g/mol. The summed E-state index contributed by atoms with van der Waals surface area (Å²) < 4.78 is 2.28. The molecule has 0 aliphatic carbocycles. The molecule has 1 amide bonds. The predicted octanol–water partition coefficient (Wildman–Crippen LogP) is 3.49. The average molecular weight is 295 g/mol. The highest BCUT2D eigenvalue weighted by Gasteiger charge is 2.22. The lowest BCUT2D eigenvalue weighted by atomic mass is 10.1. The summed E-state index contributed by atoms with van der Waals surface area (Å²) in [6.45, 7) is 6.44. The van der Waals surface area contributed by atoms with E-state index in [1.165, 1.54) is 16.4 Å². The number of aromatic nitrogens is 1. The van der Waals surface area contributed by atoms with Gasteiger partial charge in [-0.15, -0.1) is 0 Å². The Morgan fingerprint density at radius 2 is 1.82 bits per heavy atom. The highest BCUT2D eigenvalue weighted by Crippen LogP contribution is 2.31. The summed E-state index contributed by atoms with van der Waals surface area (Å²) in [5.74, 6) is -0.189. The first kappa shape index (κ1) is 14.6. The number of nitrogens with one attached hydrogen (secondary N) is 1. The van der Waals surface area contributed by atoms with Crippen molar-refractivity contribution < 1.29 is 4.79 Å². The first-order valence-electron chi connectivity index (χ1n) is 7.53. The van der Waals surface area contributed by atoms with Crippen molar-refractivity contribution in [2.24, 2.45) is 5.73 Å². The molecule has 22 heavy (non-hydrogen) atoms. The fraction of sp³-hybridized carbons (Fsp3) is 0.278. The molecule has 0 saturated carbocycles. The Bertz CT molecular complexity index is 856. The first-order chi connectivity index (χ1) is 10.4. The maximum Gasteiger partial charge on any atom is 0.243 e. The van der Waals surface area contributed by atoms with Gasteiger partial charge in [-0.2, -0.15) is 0 Å². The van der Waals surface area contributed by atoms with E-state index in [0.717, 1.165) is 17.6 Å². The number of aryl methyl sites for hydroxylation is 1. The third-order valence-electron chi connectivity index (χ3n) is 3.93. The molecular weight excluding hydrogens is 274 g/mol. The van der Waals surface area contributed by atoms with Gasteiger partial charge >= 0.3 is 0 Å². The highest BCUT2D eigenvalue weighted by molar-refractivity contribution is 6.10. The van der Waals surface area contributed by atoms with Gasteiger partial charge in [0.2, 0.25) is 5.91 Å². The van der Waals surface area contributed by atoms with Crippen LogP contribution in [-0.2, 0) is 11.3 Å². The molecule has 0 aliphatic heterocycles. The zero-order valence-corrected chi connectivity index (χ0v) is 13.2. The van der Waals surface area contributed by atoms with Crippen molar-refractivity contribution in [3.05, 3.63) is 42.5 Å². The van der Waals surface area contributed by atoms with E-state index in [1.807, 2.05) is 24.3 Å². The second-order valence-electron chi connectivity index (χ2n) is 6.17. The molecule has 3 N–H and O–H groups in total. The van der Waals surface area contributed by atoms with Gasteiger partial charge in [0.1, 0.15) is 0 Å². The second kappa shape index (κ2) is 5.14. The molecule has 114 valence electrons. The number of rotatable bonds is 3. The van der Waals surface area contributed by atoms with E-state index in [4.69, 9.17) is 5.73 Å². The Labute approximate surface area is 129 Å². The van der Waals surface area contributed by atoms with Crippen molar-refractivity contribution in [2.75, 3.05) is 5.32 Å². The maximum atomic E-state index is 12.1. The van der Waals surface area contributed by atoms with Gasteiger partial charge in [0.25, 0.3) is 0 Å². The van der Waals surface area contributed by atoms with Crippen molar-refractivity contribution in [1.82, 2.24) is 4.57 Å². The average Bonchev–Trinajstić information content (AvgIpc) is 2.79. The molecule has 4 heteroatoms. The third kappa shape index (κ3) is 2.35. The van der Waals surface area contributed by atoms with E-state index in [2.05, 4.69) is 35.0 Å². The molecule has 0 saturated heterocycles. The topological polar surface area (TPSA) is 60.0 Å². The zero-order valence-electron chi connectivity index (χ0n) is 13.2. The number of hydrogen-bond donors (Lipinski definition) is 2. The van der Waals surface area contributed by atoms with Crippen LogP contribution in [0.1, 0.15) is 20.8 Å². The number of benzene rings is 2. The molecule has 0 radical (unpaired) electrons. The van der Waals surface area contributed by atoms with E-state index in [1.54, 1.807) is 13.8 Å². The molecule has 0 spiro atoms. The zero-order chi connectivity index (χ0) is 15.9. The summed E-state index contributed by atoms with van der Waals surface area (Å²) in [6.07, 6.45) is 0. The summed E-state index contributed by atoms with van der Waals surface area (Å²) in [6, 6.07) is 14.3. The van der Waals surface area contributed by atoms with Crippen LogP contribution >= 0.6 is 0 Å². The lowest BCUT2D eigenvalue weighted by molar-refractivity contribution is -0.120. The van der Waals surface area contributed by atoms with Crippen LogP contribution in [0.2, 0.25) is 0 Å². The molecule has 1 heterocycles. The van der Waals surface area contributed by atoms with Crippen LogP contribution in [0.3, 0.4) is 0 Å². The largest absolute Gasteiger partial charge is 0.341 e. The van der Waals surface area contributed by atoms with Gasteiger partial charge in [-0.3, -0.25) is 4.79 Å². The molecule has 4 nitrogen and oxygen atoms in total. The number of nitrogens with two attached hydrogens (primary N) is 1. The summed E-state index contributed by atoms with van der Waals surface area (Å²) >= 11 is 0. The number of carbonyl (C=O) groups is 1. The lowest BCUT2D eigenvalue weighted by Crippen LogP contribution is -2.45. The number of anilines is 1. The van der Waals surface area contributed by atoms with Crippen molar-refractivity contribution >= 4 is 33.4 Å². The Balaban J connectivity index is 2.14. The van der Waals surface area contributed by atoms with Gasteiger partial charge in [0, 0.05) is 34.0 Å². The molecule has 0 bridgehead atoms. The minimum atomic E-state index is -0.896. The number of amides is 1. The summed E-state index contributed by atoms with van der Waals surface area (Å²) in [5.41, 5.74) is 8.10. The molecule has 0 fully saturated rings. The molecule has 0 aliphatic rings. The van der Waals surface area contributed by atoms with Crippen LogP contribution in [0.15, 0.2) is 42.5 Å². The molecule has 1 aromatic heterocycles. The molecule has 3 rings (SSSR count). The highest BCUT2D eigenvalue weighted by atomic mass is 16.2. The molecule has 3 aromatic rings. The number of fused-ring (bicyclic) bond motifs is 3. The fourth-order valence-electron chi connectivity index (χ4n) is 2.76. The van der Waals surface area contributed by atoms with E-state index >= 15 is 0 Å². The fourth-order valence-corrected chi connectivity index (χ4v) is 2.76. The normalized spacial score (nSPS) is 12.0. The predicted molar refractivity (Wildman–Crippen MR) is 92.0 cm³/mol. The second-order valence-corrected chi connectivity index (χ2v) is 6.17. The number of nitrogens with zero attached hydrogens (tertiary/aromatic N) is 1. The van der Waals surface area contributed by atoms with Crippen LogP contribution < -0.4 is 11.1 Å². The number of para-hydroxylation sites is 1. The van der Waals surface area contributed by atoms with Crippen molar-refractivity contribution in [2.45, 2.75) is 32.9 Å². The van der Waals surface area contributed by atoms with E-state index < -0.39 is 5.54 Å². The third-order valence-corrected chi connectivity index (χ3v) is 3.93. The maximum absolute atomic E-state index is 12.1. The van der Waals surface area contributed by atoms with E-state index in [-0.39, 0.29) is 5.91 Å². The summed E-state index contributed by atoms with van der Waals surface area (Å²) in [7, 11) is 0. The van der Waals surface area contributed by atoms with Crippen molar-refractivity contribution in [3.63, 3.8) is 0 Å². The van der Waals surface area contributed by atoms with Crippen LogP contribution in [0, 0.1) is 0 Å². The van der Waals surface area contributed by atoms with Crippen LogP contribution in [0.5, 0.6) is 0 Å². The van der Waals surface area contributed by atoms with Gasteiger partial charge in [-0.1, -0.05) is 18.2 Å². The van der Waals surface area contributed by atoms with Crippen LogP contribution in [0.4, 0.5) is 5.69 Å². The minimum absolute atomic E-state index is 0.189. The number of hydrogen-bond acceptors (Lipinski definition) is 2. The Kier molecular flexibility index (Phi) is 3.41. The van der Waals surface area contributed by atoms with E-state index in [0.29, 0.717) is 0 Å². The number of carbonyl (C=O) groups excluding carboxylic acids is 1. The molecule has 0 unspecified atom stereocenters. The Morgan fingerprint density at radius 1 is 1.14 bits per heavy atom. The minimum Gasteiger partial charge on any atom is -0.341 e. The van der Waals surface area contributed by atoms with Crippen molar-refractivity contribution in [3.8, 4) is 0 Å². The summed E-state index contributed by atoms with van der Waals surface area (Å²) in [4.78, 5) is 12.1. The van der Waals surface area contributed by atoms with Gasteiger partial charge in [0.15, 0.2) is 0 Å². The standard InChI is InChI=1S/C18H21N3O/c1-4-21-15-8-6-5-7-13(15)14-11-12(9-10-16(14)21)20-17(22)18(2,3)19/h5-11H,4,19H2,1-3H3,(H,20,22). The quantitative estimate of drug-likeness (QED) is 0.777.